The molecule has 2 amide bonds. The lowest BCUT2D eigenvalue weighted by Crippen LogP contribution is -2.25. The Kier molecular flexibility index (Phi) is 2.81. The number of hydrogen-bond acceptors (Lipinski definition) is 4. The molecule has 2 aromatic rings. The van der Waals surface area contributed by atoms with Crippen LogP contribution in [-0.2, 0) is 0 Å². The van der Waals surface area contributed by atoms with E-state index >= 15 is 0 Å². The predicted octanol–water partition coefficient (Wildman–Crippen LogP) is 2.04. The van der Waals surface area contributed by atoms with E-state index in [1.165, 1.54) is 12.1 Å². The number of fused-ring (bicyclic) bond motifs is 1. The Bertz CT molecular complexity index is 782. The van der Waals surface area contributed by atoms with E-state index in [1.807, 2.05) is 0 Å². The van der Waals surface area contributed by atoms with Crippen molar-refractivity contribution in [2.75, 3.05) is 0 Å². The molecule has 1 aliphatic heterocycles. The average Bonchev–Trinajstić information content (AvgIpc) is 2.72. The zero-order valence-corrected chi connectivity index (χ0v) is 10.6. The quantitative estimate of drug-likeness (QED) is 0.649. The molecule has 2 N–H and O–H groups in total. The first-order chi connectivity index (χ1) is 10.0. The van der Waals surface area contributed by atoms with Crippen molar-refractivity contribution in [2.45, 2.75) is 0 Å². The number of imide groups is 1. The van der Waals surface area contributed by atoms with Crippen LogP contribution in [-0.4, -0.2) is 33.2 Å². The molecule has 21 heavy (non-hydrogen) atoms. The highest BCUT2D eigenvalue weighted by molar-refractivity contribution is 6.24. The van der Waals surface area contributed by atoms with Crippen LogP contribution in [0.15, 0.2) is 42.5 Å². The first-order valence-corrected chi connectivity index (χ1v) is 6.05. The Morgan fingerprint density at radius 2 is 1.57 bits per heavy atom. The first kappa shape index (κ1) is 13.0. The molecule has 1 aliphatic rings. The number of carboxylic acids is 1. The third kappa shape index (κ3) is 1.81. The highest BCUT2D eigenvalue weighted by Crippen LogP contribution is 2.35. The lowest BCUT2D eigenvalue weighted by Gasteiger charge is -2.10. The molecule has 0 radical (unpaired) electrons. The minimum Gasteiger partial charge on any atom is -0.478 e. The summed E-state index contributed by atoms with van der Waals surface area (Å²) in [6.07, 6.45) is 0. The van der Waals surface area contributed by atoms with E-state index in [0.717, 1.165) is 0 Å². The standard InChI is InChI=1S/C15H9NO5/c17-13-9-6-7-10(15(19)20)11(8-4-2-1-3-5-8)12(9)14(18)16(13)21/h1-7,21H,(H,19,20). The zero-order chi connectivity index (χ0) is 15.1. The van der Waals surface area contributed by atoms with Gasteiger partial charge in [0.15, 0.2) is 0 Å². The third-order valence-corrected chi connectivity index (χ3v) is 3.33. The fourth-order valence-electron chi connectivity index (χ4n) is 2.40. The molecule has 0 aliphatic carbocycles. The average molecular weight is 283 g/mol. The number of amides is 2. The smallest absolute Gasteiger partial charge is 0.336 e. The van der Waals surface area contributed by atoms with Crippen molar-refractivity contribution in [3.8, 4) is 11.1 Å². The highest BCUT2D eigenvalue weighted by atomic mass is 16.5. The number of rotatable bonds is 2. The Hall–Kier alpha value is -2.99. The third-order valence-electron chi connectivity index (χ3n) is 3.33. The number of carboxylic acid groups (broad SMARTS) is 1. The van der Waals surface area contributed by atoms with Crippen molar-refractivity contribution in [3.63, 3.8) is 0 Å². The van der Waals surface area contributed by atoms with Gasteiger partial charge in [-0.05, 0) is 17.7 Å². The molecule has 0 unspecified atom stereocenters. The molecule has 1 heterocycles. The van der Waals surface area contributed by atoms with Gasteiger partial charge in [-0.15, -0.1) is 5.06 Å². The Labute approximate surface area is 118 Å². The van der Waals surface area contributed by atoms with Crippen LogP contribution in [0.2, 0.25) is 0 Å². The summed E-state index contributed by atoms with van der Waals surface area (Å²) >= 11 is 0. The van der Waals surface area contributed by atoms with Gasteiger partial charge in [0.2, 0.25) is 0 Å². The van der Waals surface area contributed by atoms with Crippen molar-refractivity contribution < 1.29 is 24.7 Å². The van der Waals surface area contributed by atoms with Crippen LogP contribution in [0.3, 0.4) is 0 Å². The van der Waals surface area contributed by atoms with Crippen molar-refractivity contribution >= 4 is 17.8 Å². The molecule has 0 fully saturated rings. The summed E-state index contributed by atoms with van der Waals surface area (Å²) in [5.74, 6) is -2.99. The minimum absolute atomic E-state index is 0.00272. The van der Waals surface area contributed by atoms with Crippen molar-refractivity contribution in [3.05, 3.63) is 59.2 Å². The molecule has 0 bridgehead atoms. The molecule has 0 saturated carbocycles. The normalized spacial score (nSPS) is 13.5. The lowest BCUT2D eigenvalue weighted by molar-refractivity contribution is -0.0327. The van der Waals surface area contributed by atoms with E-state index in [9.17, 15) is 24.7 Å². The van der Waals surface area contributed by atoms with Gasteiger partial charge in [-0.25, -0.2) is 4.79 Å². The first-order valence-electron chi connectivity index (χ1n) is 6.05. The van der Waals surface area contributed by atoms with Gasteiger partial charge >= 0.3 is 5.97 Å². The van der Waals surface area contributed by atoms with E-state index in [-0.39, 0.29) is 27.3 Å². The van der Waals surface area contributed by atoms with E-state index in [4.69, 9.17) is 0 Å². The number of carbonyl (C=O) groups excluding carboxylic acids is 2. The number of carbonyl (C=O) groups is 3. The van der Waals surface area contributed by atoms with Gasteiger partial charge in [0, 0.05) is 5.56 Å². The number of nitrogens with zero attached hydrogens (tertiary/aromatic N) is 1. The van der Waals surface area contributed by atoms with Crippen molar-refractivity contribution in [2.24, 2.45) is 0 Å². The zero-order valence-electron chi connectivity index (χ0n) is 10.6. The van der Waals surface area contributed by atoms with Crippen LogP contribution < -0.4 is 0 Å². The van der Waals surface area contributed by atoms with Crippen LogP contribution >= 0.6 is 0 Å². The maximum atomic E-state index is 12.0. The maximum absolute atomic E-state index is 12.0. The predicted molar refractivity (Wildman–Crippen MR) is 71.1 cm³/mol. The number of aromatic carboxylic acids is 1. The summed E-state index contributed by atoms with van der Waals surface area (Å²) in [6.45, 7) is 0. The Balaban J connectivity index is 2.39. The number of hydroxylamine groups is 2. The number of hydrogen-bond donors (Lipinski definition) is 2. The minimum atomic E-state index is -1.21. The summed E-state index contributed by atoms with van der Waals surface area (Å²) in [4.78, 5) is 35.2. The van der Waals surface area contributed by atoms with Gasteiger partial charge in [-0.1, -0.05) is 30.3 Å². The molecule has 6 heteroatoms. The summed E-state index contributed by atoms with van der Waals surface area (Å²) in [7, 11) is 0. The maximum Gasteiger partial charge on any atom is 0.336 e. The van der Waals surface area contributed by atoms with Crippen LogP contribution in [0.5, 0.6) is 0 Å². The van der Waals surface area contributed by atoms with E-state index in [2.05, 4.69) is 0 Å². The van der Waals surface area contributed by atoms with Gasteiger partial charge in [-0.3, -0.25) is 14.8 Å². The molecule has 0 aromatic heterocycles. The highest BCUT2D eigenvalue weighted by Gasteiger charge is 2.38. The largest absolute Gasteiger partial charge is 0.478 e. The van der Waals surface area contributed by atoms with Crippen LogP contribution in [0, 0.1) is 0 Å². The molecular weight excluding hydrogens is 274 g/mol. The molecule has 0 spiro atoms. The second-order valence-electron chi connectivity index (χ2n) is 4.50. The molecule has 6 nitrogen and oxygen atoms in total. The van der Waals surface area contributed by atoms with E-state index in [0.29, 0.717) is 5.56 Å². The molecule has 104 valence electrons. The second kappa shape index (κ2) is 4.53. The molecule has 3 rings (SSSR count). The monoisotopic (exact) mass is 283 g/mol. The topological polar surface area (TPSA) is 94.9 Å². The molecule has 0 saturated heterocycles. The van der Waals surface area contributed by atoms with Gasteiger partial charge in [0.05, 0.1) is 16.7 Å². The van der Waals surface area contributed by atoms with Gasteiger partial charge in [0.1, 0.15) is 0 Å². The van der Waals surface area contributed by atoms with Gasteiger partial charge in [0.25, 0.3) is 11.8 Å². The summed E-state index contributed by atoms with van der Waals surface area (Å²) in [5, 5.41) is 18.8. The van der Waals surface area contributed by atoms with Crippen LogP contribution in [0.1, 0.15) is 31.1 Å². The van der Waals surface area contributed by atoms with Crippen LogP contribution in [0.25, 0.3) is 11.1 Å². The number of benzene rings is 2. The molecule has 0 atom stereocenters. The van der Waals surface area contributed by atoms with Crippen molar-refractivity contribution in [1.82, 2.24) is 5.06 Å². The summed E-state index contributed by atoms with van der Waals surface area (Å²) in [5.41, 5.74) is 0.426. The fraction of sp³-hybridized carbons (Fsp3) is 0. The lowest BCUT2D eigenvalue weighted by atomic mass is 9.91. The molecule has 2 aromatic carbocycles. The van der Waals surface area contributed by atoms with E-state index in [1.54, 1.807) is 30.3 Å². The summed E-state index contributed by atoms with van der Waals surface area (Å²) < 4.78 is 0. The molecular formula is C15H9NO5. The fourth-order valence-corrected chi connectivity index (χ4v) is 2.40. The Morgan fingerprint density at radius 1 is 0.905 bits per heavy atom. The van der Waals surface area contributed by atoms with Crippen molar-refractivity contribution in [1.29, 1.82) is 0 Å². The Morgan fingerprint density at radius 3 is 2.19 bits per heavy atom. The summed E-state index contributed by atoms with van der Waals surface area (Å²) in [6, 6.07) is 10.9. The van der Waals surface area contributed by atoms with Crippen LogP contribution in [0.4, 0.5) is 0 Å². The second-order valence-corrected chi connectivity index (χ2v) is 4.50. The SMILES string of the molecule is O=C(O)c1ccc2c(c1-c1ccccc1)C(=O)N(O)C2=O. The van der Waals surface area contributed by atoms with Gasteiger partial charge < -0.3 is 5.11 Å². The van der Waals surface area contributed by atoms with E-state index < -0.39 is 17.8 Å². The van der Waals surface area contributed by atoms with Gasteiger partial charge in [-0.2, -0.15) is 0 Å².